The van der Waals surface area contributed by atoms with Crippen molar-refractivity contribution in [1.29, 1.82) is 0 Å². The summed E-state index contributed by atoms with van der Waals surface area (Å²) in [5, 5.41) is 6.35. The van der Waals surface area contributed by atoms with Gasteiger partial charge in [-0.1, -0.05) is 41.5 Å². The molecule has 1 aromatic carbocycles. The van der Waals surface area contributed by atoms with Gasteiger partial charge in [0.15, 0.2) is 5.82 Å². The van der Waals surface area contributed by atoms with Crippen molar-refractivity contribution in [2.75, 3.05) is 11.3 Å². The number of benzene rings is 1. The topological polar surface area (TPSA) is 60.0 Å². The fourth-order valence-corrected chi connectivity index (χ4v) is 3.76. The van der Waals surface area contributed by atoms with Gasteiger partial charge in [0, 0.05) is 12.4 Å². The van der Waals surface area contributed by atoms with Gasteiger partial charge in [0.1, 0.15) is 11.7 Å². The Bertz CT molecular complexity index is 1080. The van der Waals surface area contributed by atoms with Crippen LogP contribution in [0.25, 0.3) is 10.5 Å². The van der Waals surface area contributed by atoms with Crippen molar-refractivity contribution in [2.45, 2.75) is 17.6 Å². The highest BCUT2D eigenvalue weighted by atomic mass is 35.5. The Morgan fingerprint density at radius 1 is 1.20 bits per heavy atom. The smallest absolute Gasteiger partial charge is 0.363 e. The van der Waals surface area contributed by atoms with Crippen molar-refractivity contribution in [3.8, 4) is 5.69 Å². The molecule has 3 rings (SSSR count). The molecule has 0 fully saturated rings. The molecule has 6 nitrogen and oxygen atoms in total. The molecule has 1 N–H and O–H groups in total. The lowest BCUT2D eigenvalue weighted by atomic mass is 10.2. The van der Waals surface area contributed by atoms with Crippen molar-refractivity contribution in [3.63, 3.8) is 0 Å². The molecule has 0 saturated carbocycles. The zero-order valence-corrected chi connectivity index (χ0v) is 17.0. The van der Waals surface area contributed by atoms with Crippen molar-refractivity contribution < 1.29 is 17.6 Å². The predicted molar refractivity (Wildman–Crippen MR) is 106 cm³/mol. The van der Waals surface area contributed by atoms with Gasteiger partial charge < -0.3 is 10.2 Å². The summed E-state index contributed by atoms with van der Waals surface area (Å²) in [6.45, 7) is 7.42. The normalized spacial score (nSPS) is 11.4. The van der Waals surface area contributed by atoms with Gasteiger partial charge in [0.05, 0.1) is 38.9 Å². The molecule has 0 amide bonds. The summed E-state index contributed by atoms with van der Waals surface area (Å²) in [5.41, 5.74) is -0.592. The zero-order chi connectivity index (χ0) is 21.9. The number of nitrogens with one attached hydrogen (secondary N) is 1. The van der Waals surface area contributed by atoms with Gasteiger partial charge in [-0.05, 0) is 17.2 Å². The molecule has 0 spiro atoms. The summed E-state index contributed by atoms with van der Waals surface area (Å²) in [4.78, 5) is 11.5. The molecule has 0 unspecified atom stereocenters. The molecular weight excluding hydrogens is 467 g/mol. The van der Waals surface area contributed by atoms with E-state index in [4.69, 9.17) is 29.8 Å². The maximum atomic E-state index is 13.1. The molecule has 0 radical (unpaired) electrons. The molecule has 0 bridgehead atoms. The first kappa shape index (κ1) is 22.1. The van der Waals surface area contributed by atoms with Crippen LogP contribution in [-0.2, 0) is 12.7 Å². The molecule has 0 aliphatic carbocycles. The monoisotopic (exact) mass is 476 g/mol. The van der Waals surface area contributed by atoms with E-state index in [9.17, 15) is 17.6 Å². The van der Waals surface area contributed by atoms with Crippen LogP contribution in [0.15, 0.2) is 35.6 Å². The lowest BCUT2D eigenvalue weighted by Gasteiger charge is -2.14. The Morgan fingerprint density at radius 2 is 1.90 bits per heavy atom. The van der Waals surface area contributed by atoms with Crippen LogP contribution in [-0.4, -0.2) is 25.8 Å². The molecular formula is C17H10Cl2F4N6S. The standard InChI is InChI=1S/C17H10Cl2F4N6S/c1-24-15-14(30-8-20)16(27-7-10-6-25-2-3-26-10)29(28-15)13-11(18)4-9(5-12(13)19)17(21,22)23/h2-6,27H,7-8H2. The Labute approximate surface area is 182 Å². The van der Waals surface area contributed by atoms with E-state index in [0.717, 1.165) is 4.68 Å². The minimum absolute atomic E-state index is 0.0800. The predicted octanol–water partition coefficient (Wildman–Crippen LogP) is 6.17. The number of thioether (sulfide) groups is 1. The maximum Gasteiger partial charge on any atom is 0.416 e. The summed E-state index contributed by atoms with van der Waals surface area (Å²) >= 11 is 12.9. The van der Waals surface area contributed by atoms with E-state index in [1.807, 2.05) is 0 Å². The molecule has 2 heterocycles. The minimum Gasteiger partial charge on any atom is -0.363 e. The van der Waals surface area contributed by atoms with E-state index in [1.165, 1.54) is 18.6 Å². The second-order valence-corrected chi connectivity index (χ2v) is 7.34. The number of halogens is 6. The van der Waals surface area contributed by atoms with E-state index < -0.39 is 17.7 Å². The highest BCUT2D eigenvalue weighted by Gasteiger charge is 2.33. The van der Waals surface area contributed by atoms with Gasteiger partial charge in [0.2, 0.25) is 0 Å². The highest BCUT2D eigenvalue weighted by molar-refractivity contribution is 7.99. The summed E-state index contributed by atoms with van der Waals surface area (Å²) < 4.78 is 53.3. The third kappa shape index (κ3) is 4.61. The van der Waals surface area contributed by atoms with Gasteiger partial charge >= 0.3 is 12.0 Å². The largest absolute Gasteiger partial charge is 0.416 e. The van der Waals surface area contributed by atoms with Crippen molar-refractivity contribution in [3.05, 3.63) is 63.4 Å². The first-order valence-electron chi connectivity index (χ1n) is 8.01. The second-order valence-electron chi connectivity index (χ2n) is 5.61. The van der Waals surface area contributed by atoms with Crippen LogP contribution in [0.2, 0.25) is 10.0 Å². The number of nitrogens with zero attached hydrogens (tertiary/aromatic N) is 5. The molecule has 2 aromatic heterocycles. The molecule has 0 atom stereocenters. The summed E-state index contributed by atoms with van der Waals surface area (Å²) in [7, 11) is 0. The first-order valence-corrected chi connectivity index (χ1v) is 9.75. The summed E-state index contributed by atoms with van der Waals surface area (Å²) in [5.74, 6) is -0.0239. The van der Waals surface area contributed by atoms with E-state index in [2.05, 4.69) is 25.2 Å². The zero-order valence-electron chi connectivity index (χ0n) is 14.7. The lowest BCUT2D eigenvalue weighted by molar-refractivity contribution is -0.137. The van der Waals surface area contributed by atoms with Crippen LogP contribution in [0.4, 0.5) is 29.2 Å². The van der Waals surface area contributed by atoms with Gasteiger partial charge in [-0.15, -0.1) is 4.68 Å². The number of rotatable bonds is 6. The number of aromatic nitrogens is 4. The fraction of sp³-hybridized carbons (Fsp3) is 0.176. The molecule has 30 heavy (non-hydrogen) atoms. The van der Waals surface area contributed by atoms with E-state index in [0.29, 0.717) is 29.6 Å². The van der Waals surface area contributed by atoms with Crippen molar-refractivity contribution >= 4 is 46.6 Å². The Morgan fingerprint density at radius 3 is 2.43 bits per heavy atom. The third-order valence-corrected chi connectivity index (χ3v) is 5.09. The molecule has 0 saturated heterocycles. The number of anilines is 1. The molecule has 3 aromatic rings. The fourth-order valence-electron chi connectivity index (χ4n) is 2.50. The van der Waals surface area contributed by atoms with Crippen molar-refractivity contribution in [1.82, 2.24) is 19.7 Å². The Hall–Kier alpha value is -2.55. The van der Waals surface area contributed by atoms with Crippen LogP contribution in [0, 0.1) is 6.57 Å². The van der Waals surface area contributed by atoms with E-state index >= 15 is 0 Å². The van der Waals surface area contributed by atoms with Crippen LogP contribution >= 0.6 is 35.0 Å². The molecule has 13 heteroatoms. The summed E-state index contributed by atoms with van der Waals surface area (Å²) in [6.07, 6.45) is -0.208. The SMILES string of the molecule is [C-]#[N+]c1nn(-c2c(Cl)cc(C(F)(F)F)cc2Cl)c(NCc2cnccn2)c1SCF. The van der Waals surface area contributed by atoms with Crippen LogP contribution < -0.4 is 5.32 Å². The molecule has 0 aliphatic rings. The third-order valence-electron chi connectivity index (χ3n) is 3.74. The van der Waals surface area contributed by atoms with Gasteiger partial charge in [-0.25, -0.2) is 4.39 Å². The van der Waals surface area contributed by atoms with Crippen LogP contribution in [0.3, 0.4) is 0 Å². The Kier molecular flexibility index (Phi) is 6.70. The first-order chi connectivity index (χ1) is 14.3. The number of hydrogen-bond donors (Lipinski definition) is 1. The van der Waals surface area contributed by atoms with E-state index in [-0.39, 0.29) is 38.8 Å². The molecule has 0 aliphatic heterocycles. The quantitative estimate of drug-likeness (QED) is 0.262. The van der Waals surface area contributed by atoms with Gasteiger partial charge in [0.25, 0.3) is 0 Å². The second kappa shape index (κ2) is 9.07. The number of alkyl halides is 4. The number of hydrogen-bond acceptors (Lipinski definition) is 5. The minimum atomic E-state index is -4.65. The highest BCUT2D eigenvalue weighted by Crippen LogP contribution is 2.43. The van der Waals surface area contributed by atoms with Gasteiger partial charge in [-0.2, -0.15) is 13.2 Å². The van der Waals surface area contributed by atoms with Gasteiger partial charge in [-0.3, -0.25) is 9.97 Å². The molecule has 156 valence electrons. The van der Waals surface area contributed by atoms with Crippen LogP contribution in [0.1, 0.15) is 11.3 Å². The van der Waals surface area contributed by atoms with Crippen LogP contribution in [0.5, 0.6) is 0 Å². The van der Waals surface area contributed by atoms with Crippen molar-refractivity contribution in [2.24, 2.45) is 0 Å². The maximum absolute atomic E-state index is 13.1. The van der Waals surface area contributed by atoms with E-state index in [1.54, 1.807) is 0 Å². The average Bonchev–Trinajstić information content (AvgIpc) is 3.03. The Balaban J connectivity index is 2.13. The average molecular weight is 477 g/mol. The lowest BCUT2D eigenvalue weighted by Crippen LogP contribution is -2.11. The summed E-state index contributed by atoms with van der Waals surface area (Å²) in [6, 6.07) is 0.551.